The van der Waals surface area contributed by atoms with E-state index in [9.17, 15) is 4.79 Å². The Morgan fingerprint density at radius 2 is 2.60 bits per heavy atom. The third kappa shape index (κ3) is 1.79. The van der Waals surface area contributed by atoms with Gasteiger partial charge in [-0.15, -0.1) is 0 Å². The quantitative estimate of drug-likeness (QED) is 0.693. The number of aryl methyl sites for hydroxylation is 1. The van der Waals surface area contributed by atoms with Crippen LogP contribution in [0.5, 0.6) is 0 Å². The first-order chi connectivity index (χ1) is 7.22. The highest BCUT2D eigenvalue weighted by molar-refractivity contribution is 5.87. The van der Waals surface area contributed by atoms with Gasteiger partial charge in [0.25, 0.3) is 0 Å². The van der Waals surface area contributed by atoms with Crippen molar-refractivity contribution in [2.24, 2.45) is 0 Å². The molecular formula is C11H14N2O2. The predicted molar refractivity (Wildman–Crippen MR) is 55.1 cm³/mol. The molecule has 2 heterocycles. The Kier molecular flexibility index (Phi) is 2.58. The smallest absolute Gasteiger partial charge is 0.246 e. The van der Waals surface area contributed by atoms with E-state index in [1.807, 2.05) is 13.0 Å². The highest BCUT2D eigenvalue weighted by Gasteiger charge is 2.31. The topological polar surface area (TPSA) is 46.3 Å². The fourth-order valence-electron chi connectivity index (χ4n) is 1.98. The van der Waals surface area contributed by atoms with Crippen LogP contribution in [0.2, 0.25) is 0 Å². The number of aromatic nitrogens is 1. The normalized spacial score (nSPS) is 20.6. The summed E-state index contributed by atoms with van der Waals surface area (Å²) in [5.74, 6) is 0.742. The minimum Gasteiger partial charge on any atom is -0.359 e. The highest BCUT2D eigenvalue weighted by atomic mass is 16.5. The van der Waals surface area contributed by atoms with Gasteiger partial charge in [0.1, 0.15) is 0 Å². The van der Waals surface area contributed by atoms with Gasteiger partial charge in [-0.25, -0.2) is 0 Å². The third-order valence-corrected chi connectivity index (χ3v) is 2.69. The number of amides is 1. The van der Waals surface area contributed by atoms with E-state index >= 15 is 0 Å². The van der Waals surface area contributed by atoms with Gasteiger partial charge in [0.05, 0.1) is 11.7 Å². The lowest BCUT2D eigenvalue weighted by atomic mass is 10.1. The van der Waals surface area contributed by atoms with Crippen molar-refractivity contribution in [2.45, 2.75) is 25.8 Å². The number of hydrogen-bond acceptors (Lipinski definition) is 3. The number of nitrogens with zero attached hydrogens (tertiary/aromatic N) is 2. The fourth-order valence-corrected chi connectivity index (χ4v) is 1.98. The van der Waals surface area contributed by atoms with Crippen LogP contribution in [0.15, 0.2) is 23.2 Å². The van der Waals surface area contributed by atoms with Crippen LogP contribution in [0.3, 0.4) is 0 Å². The number of carbonyl (C=O) groups excluding carboxylic acids is 1. The van der Waals surface area contributed by atoms with Gasteiger partial charge in [0.2, 0.25) is 5.91 Å². The monoisotopic (exact) mass is 206 g/mol. The third-order valence-electron chi connectivity index (χ3n) is 2.69. The molecule has 15 heavy (non-hydrogen) atoms. The minimum absolute atomic E-state index is 0.0356. The molecular weight excluding hydrogens is 192 g/mol. The van der Waals surface area contributed by atoms with E-state index in [2.05, 4.69) is 11.7 Å². The van der Waals surface area contributed by atoms with E-state index in [4.69, 9.17) is 4.52 Å². The van der Waals surface area contributed by atoms with Crippen LogP contribution in [0.25, 0.3) is 0 Å². The molecule has 0 radical (unpaired) electrons. The Morgan fingerprint density at radius 3 is 3.20 bits per heavy atom. The SMILES string of the molecule is C=CC(=O)N1CCC[C@@H]1c1cc(C)no1. The van der Waals surface area contributed by atoms with Crippen LogP contribution in [0, 0.1) is 6.92 Å². The summed E-state index contributed by atoms with van der Waals surface area (Å²) < 4.78 is 5.19. The molecule has 1 amide bonds. The zero-order valence-electron chi connectivity index (χ0n) is 8.77. The van der Waals surface area contributed by atoms with Crippen molar-refractivity contribution >= 4 is 5.91 Å². The molecule has 1 aliphatic heterocycles. The largest absolute Gasteiger partial charge is 0.359 e. The average Bonchev–Trinajstić information content (AvgIpc) is 2.84. The Labute approximate surface area is 88.5 Å². The molecule has 1 aromatic rings. The van der Waals surface area contributed by atoms with Crippen LogP contribution >= 0.6 is 0 Å². The Bertz CT molecular complexity index is 384. The molecule has 4 nitrogen and oxygen atoms in total. The van der Waals surface area contributed by atoms with Gasteiger partial charge >= 0.3 is 0 Å². The van der Waals surface area contributed by atoms with Crippen molar-refractivity contribution in [3.63, 3.8) is 0 Å². The molecule has 0 aromatic carbocycles. The molecule has 0 saturated carbocycles. The van der Waals surface area contributed by atoms with Gasteiger partial charge in [-0.2, -0.15) is 0 Å². The summed E-state index contributed by atoms with van der Waals surface area (Å²) in [4.78, 5) is 13.3. The maximum atomic E-state index is 11.6. The molecule has 2 rings (SSSR count). The standard InChI is InChI=1S/C11H14N2O2/c1-3-11(14)13-6-4-5-9(13)10-7-8(2)12-15-10/h3,7,9H,1,4-6H2,2H3/t9-/m1/s1. The van der Waals surface area contributed by atoms with E-state index in [1.54, 1.807) is 4.90 Å². The van der Waals surface area contributed by atoms with Crippen LogP contribution < -0.4 is 0 Å². The highest BCUT2D eigenvalue weighted by Crippen LogP contribution is 2.32. The second kappa shape index (κ2) is 3.88. The van der Waals surface area contributed by atoms with Crippen LogP contribution in [0.4, 0.5) is 0 Å². The second-order valence-electron chi connectivity index (χ2n) is 3.76. The van der Waals surface area contributed by atoms with E-state index in [-0.39, 0.29) is 11.9 Å². The van der Waals surface area contributed by atoms with Crippen molar-refractivity contribution in [1.29, 1.82) is 0 Å². The zero-order valence-corrected chi connectivity index (χ0v) is 8.77. The Hall–Kier alpha value is -1.58. The molecule has 0 aliphatic carbocycles. The Morgan fingerprint density at radius 1 is 1.80 bits per heavy atom. The average molecular weight is 206 g/mol. The Balaban J connectivity index is 2.21. The molecule has 1 aromatic heterocycles. The molecule has 1 saturated heterocycles. The molecule has 0 N–H and O–H groups in total. The van der Waals surface area contributed by atoms with Gasteiger partial charge in [0, 0.05) is 12.6 Å². The van der Waals surface area contributed by atoms with Crippen molar-refractivity contribution in [1.82, 2.24) is 10.1 Å². The number of hydrogen-bond donors (Lipinski definition) is 0. The number of rotatable bonds is 2. The van der Waals surface area contributed by atoms with Crippen molar-refractivity contribution < 1.29 is 9.32 Å². The minimum atomic E-state index is -0.0356. The summed E-state index contributed by atoms with van der Waals surface area (Å²) in [6.07, 6.45) is 3.29. The van der Waals surface area contributed by atoms with Gasteiger partial charge in [-0.1, -0.05) is 11.7 Å². The van der Waals surface area contributed by atoms with Gasteiger partial charge in [-0.3, -0.25) is 4.79 Å². The van der Waals surface area contributed by atoms with Crippen LogP contribution in [0.1, 0.15) is 30.3 Å². The fraction of sp³-hybridized carbons (Fsp3) is 0.455. The lowest BCUT2D eigenvalue weighted by Gasteiger charge is -2.20. The van der Waals surface area contributed by atoms with Gasteiger partial charge < -0.3 is 9.42 Å². The van der Waals surface area contributed by atoms with Crippen molar-refractivity contribution in [3.05, 3.63) is 30.2 Å². The van der Waals surface area contributed by atoms with E-state index in [0.29, 0.717) is 0 Å². The molecule has 80 valence electrons. The molecule has 1 fully saturated rings. The number of carbonyl (C=O) groups is 1. The summed E-state index contributed by atoms with van der Waals surface area (Å²) in [5.41, 5.74) is 0.850. The molecule has 0 bridgehead atoms. The summed E-state index contributed by atoms with van der Waals surface area (Å²) in [7, 11) is 0. The first-order valence-corrected chi connectivity index (χ1v) is 5.08. The van der Waals surface area contributed by atoms with Gasteiger partial charge in [0.15, 0.2) is 5.76 Å². The van der Waals surface area contributed by atoms with E-state index in [0.717, 1.165) is 30.8 Å². The summed E-state index contributed by atoms with van der Waals surface area (Å²) >= 11 is 0. The lowest BCUT2D eigenvalue weighted by Crippen LogP contribution is -2.28. The first-order valence-electron chi connectivity index (χ1n) is 5.08. The molecule has 0 unspecified atom stereocenters. The molecule has 4 heteroatoms. The molecule has 0 spiro atoms. The number of likely N-dealkylation sites (tertiary alicyclic amines) is 1. The second-order valence-corrected chi connectivity index (χ2v) is 3.76. The summed E-state index contributed by atoms with van der Waals surface area (Å²) in [6, 6.07) is 1.93. The predicted octanol–water partition coefficient (Wildman–Crippen LogP) is 1.83. The van der Waals surface area contributed by atoms with Crippen molar-refractivity contribution in [2.75, 3.05) is 6.54 Å². The van der Waals surface area contributed by atoms with E-state index in [1.165, 1.54) is 6.08 Å². The summed E-state index contributed by atoms with van der Waals surface area (Å²) in [5, 5.41) is 3.84. The van der Waals surface area contributed by atoms with Crippen LogP contribution in [-0.2, 0) is 4.79 Å². The zero-order chi connectivity index (χ0) is 10.8. The maximum absolute atomic E-state index is 11.6. The first kappa shape index (κ1) is 9.96. The molecule has 1 atom stereocenters. The lowest BCUT2D eigenvalue weighted by molar-refractivity contribution is -0.127. The maximum Gasteiger partial charge on any atom is 0.246 e. The van der Waals surface area contributed by atoms with Crippen LogP contribution in [-0.4, -0.2) is 22.5 Å². The molecule has 1 aliphatic rings. The summed E-state index contributed by atoms with van der Waals surface area (Å²) in [6.45, 7) is 6.15. The van der Waals surface area contributed by atoms with Crippen molar-refractivity contribution in [3.8, 4) is 0 Å². The van der Waals surface area contributed by atoms with E-state index < -0.39 is 0 Å². The van der Waals surface area contributed by atoms with Gasteiger partial charge in [-0.05, 0) is 25.8 Å².